The molecule has 3 atom stereocenters. The average molecular weight is 740 g/mol. The number of ether oxygens (including phenoxy) is 5. The number of carbonyl (C=O) groups excluding carboxylic acids is 2. The number of hydrogen-bond donors (Lipinski definition) is 3. The van der Waals surface area contributed by atoms with Crippen molar-refractivity contribution in [2.75, 3.05) is 26.1 Å². The van der Waals surface area contributed by atoms with Crippen molar-refractivity contribution < 1.29 is 43.2 Å². The lowest BCUT2D eigenvalue weighted by Crippen LogP contribution is -2.39. The lowest BCUT2D eigenvalue weighted by Gasteiger charge is -2.37. The first-order valence-electron chi connectivity index (χ1n) is 17.3. The van der Waals surface area contributed by atoms with Gasteiger partial charge in [-0.25, -0.2) is 4.98 Å². The average Bonchev–Trinajstić information content (AvgIpc) is 3.79. The number of carboxylic acids is 1. The molecule has 6 rings (SSSR count). The van der Waals surface area contributed by atoms with Gasteiger partial charge < -0.3 is 28.8 Å². The molecule has 0 spiro atoms. The number of amides is 1. The molecule has 5 aromatic rings. The van der Waals surface area contributed by atoms with Crippen LogP contribution in [0.25, 0.3) is 11.2 Å². The maximum Gasteiger partial charge on any atom is 0.306 e. The van der Waals surface area contributed by atoms with Gasteiger partial charge in [-0.05, 0) is 41.0 Å². The van der Waals surface area contributed by atoms with Gasteiger partial charge in [-0.2, -0.15) is 4.98 Å². The van der Waals surface area contributed by atoms with E-state index >= 15 is 0 Å². The first kappa shape index (κ1) is 37.7. The second-order valence-corrected chi connectivity index (χ2v) is 13.0. The maximum atomic E-state index is 13.0. The van der Waals surface area contributed by atoms with Crippen LogP contribution in [0, 0.1) is 5.92 Å². The number of carboxylic acid groups (broad SMARTS) is 1. The third kappa shape index (κ3) is 7.96. The molecule has 1 fully saturated rings. The minimum Gasteiger partial charge on any atom is -0.497 e. The lowest BCUT2D eigenvalue weighted by atomic mass is 9.80. The van der Waals surface area contributed by atoms with Crippen molar-refractivity contribution >= 4 is 35.0 Å². The number of nitrogens with one attached hydrogen (secondary N) is 2. The molecule has 1 aliphatic rings. The summed E-state index contributed by atoms with van der Waals surface area (Å²) in [6.07, 6.45) is -1.92. The van der Waals surface area contributed by atoms with Crippen LogP contribution >= 0.6 is 0 Å². The summed E-state index contributed by atoms with van der Waals surface area (Å²) in [4.78, 5) is 60.8. The number of hydrogen-bond acceptors (Lipinski definition) is 11. The molecule has 3 aromatic carbocycles. The molecule has 2 aromatic heterocycles. The molecule has 15 nitrogen and oxygen atoms in total. The van der Waals surface area contributed by atoms with Crippen molar-refractivity contribution in [2.24, 2.45) is 5.92 Å². The molecule has 1 aliphatic heterocycles. The smallest absolute Gasteiger partial charge is 0.306 e. The Morgan fingerprint density at radius 2 is 1.56 bits per heavy atom. The predicted molar refractivity (Wildman–Crippen MR) is 195 cm³/mol. The Morgan fingerprint density at radius 1 is 0.944 bits per heavy atom. The van der Waals surface area contributed by atoms with E-state index in [4.69, 9.17) is 23.7 Å². The molecule has 0 aliphatic carbocycles. The fourth-order valence-corrected chi connectivity index (χ4v) is 6.32. The monoisotopic (exact) mass is 739 g/mol. The maximum absolute atomic E-state index is 13.0. The minimum atomic E-state index is -1.22. The molecule has 0 bridgehead atoms. The lowest BCUT2D eigenvalue weighted by molar-refractivity contribution is -0.157. The summed E-state index contributed by atoms with van der Waals surface area (Å²) in [5.41, 5.74) is 0.685. The van der Waals surface area contributed by atoms with Crippen molar-refractivity contribution in [1.29, 1.82) is 0 Å². The fraction of sp³-hybridized carbons (Fsp3) is 0.333. The molecule has 0 unspecified atom stereocenters. The third-order valence-corrected chi connectivity index (χ3v) is 9.15. The number of aliphatic carboxylic acids is 1. The Morgan fingerprint density at radius 3 is 2.13 bits per heavy atom. The van der Waals surface area contributed by atoms with Gasteiger partial charge in [-0.3, -0.25) is 34.0 Å². The molecule has 1 amide bonds. The SMILES string of the molecule is COc1ccc(C(OC[C@H]2O[C@@H](n3cnc4c(=O)[nH]c(NC(=O)C(C)C)nc43)C[C@@H]2OC(=O)CCC(=O)O)(c2ccccc2)c2ccc(OC)cc2)cc1. The van der Waals surface area contributed by atoms with Gasteiger partial charge in [-0.1, -0.05) is 68.4 Å². The Labute approximate surface area is 310 Å². The summed E-state index contributed by atoms with van der Waals surface area (Å²) in [5, 5.41) is 11.8. The largest absolute Gasteiger partial charge is 0.497 e. The van der Waals surface area contributed by atoms with E-state index in [0.29, 0.717) is 11.5 Å². The van der Waals surface area contributed by atoms with Crippen molar-refractivity contribution in [1.82, 2.24) is 19.5 Å². The van der Waals surface area contributed by atoms with Gasteiger partial charge in [0.15, 0.2) is 11.2 Å². The predicted octanol–water partition coefficient (Wildman–Crippen LogP) is 4.80. The van der Waals surface area contributed by atoms with Crippen LogP contribution in [0.4, 0.5) is 5.95 Å². The van der Waals surface area contributed by atoms with Gasteiger partial charge >= 0.3 is 11.9 Å². The molecule has 1 saturated heterocycles. The number of imidazole rings is 1. The second kappa shape index (κ2) is 16.3. The molecule has 0 radical (unpaired) electrons. The van der Waals surface area contributed by atoms with Gasteiger partial charge in [0.1, 0.15) is 35.5 Å². The number of fused-ring (bicyclic) bond motifs is 1. The van der Waals surface area contributed by atoms with Crippen LogP contribution in [0.2, 0.25) is 0 Å². The Bertz CT molecular complexity index is 2100. The zero-order valence-electron chi connectivity index (χ0n) is 30.2. The topological polar surface area (TPSA) is 193 Å². The summed E-state index contributed by atoms with van der Waals surface area (Å²) in [6.45, 7) is 3.30. The molecule has 3 N–H and O–H groups in total. The normalized spacial score (nSPS) is 17.0. The summed E-state index contributed by atoms with van der Waals surface area (Å²) in [6, 6.07) is 24.6. The van der Waals surface area contributed by atoms with E-state index in [-0.39, 0.29) is 48.4 Å². The van der Waals surface area contributed by atoms with Crippen molar-refractivity contribution in [3.63, 3.8) is 0 Å². The first-order valence-corrected chi connectivity index (χ1v) is 17.3. The fourth-order valence-electron chi connectivity index (χ4n) is 6.32. The summed E-state index contributed by atoms with van der Waals surface area (Å²) in [7, 11) is 3.17. The standard InChI is InChI=1S/C39H41N5O10/c1-23(2)36(48)42-38-41-35-34(37(49)43-38)40-22-44(35)31-20-29(54-33(47)19-18-32(45)46)30(53-31)21-52-39(24-8-6-5-7-9-24,25-10-14-27(50-3)15-11-25)26-12-16-28(51-4)17-13-26/h5-17,22-23,29-31H,18-21H2,1-4H3,(H,45,46)(H2,41,42,43,48,49)/t29-,30+,31+/m0/s1. The highest BCUT2D eigenvalue weighted by Crippen LogP contribution is 2.43. The van der Waals surface area contributed by atoms with Gasteiger partial charge in [0.2, 0.25) is 11.9 Å². The van der Waals surface area contributed by atoms with Crippen LogP contribution in [0.3, 0.4) is 0 Å². The number of rotatable bonds is 15. The van der Waals surface area contributed by atoms with E-state index < -0.39 is 48.0 Å². The van der Waals surface area contributed by atoms with E-state index in [0.717, 1.165) is 16.7 Å². The highest BCUT2D eigenvalue weighted by atomic mass is 16.6. The van der Waals surface area contributed by atoms with Crippen LogP contribution < -0.4 is 20.3 Å². The van der Waals surface area contributed by atoms with Crippen LogP contribution in [0.15, 0.2) is 90.0 Å². The number of nitrogens with zero attached hydrogens (tertiary/aromatic N) is 3. The van der Waals surface area contributed by atoms with Gasteiger partial charge in [0.25, 0.3) is 5.56 Å². The van der Waals surface area contributed by atoms with Gasteiger partial charge in [0, 0.05) is 12.3 Å². The van der Waals surface area contributed by atoms with Crippen LogP contribution in [-0.4, -0.2) is 75.5 Å². The quantitative estimate of drug-likeness (QED) is 0.0983. The Hall–Kier alpha value is -6.06. The van der Waals surface area contributed by atoms with Crippen LogP contribution in [0.5, 0.6) is 11.5 Å². The Kier molecular flexibility index (Phi) is 11.4. The number of esters is 1. The first-order chi connectivity index (χ1) is 26.0. The zero-order valence-corrected chi connectivity index (χ0v) is 30.2. The number of aromatic amines is 1. The van der Waals surface area contributed by atoms with Crippen LogP contribution in [-0.2, 0) is 34.2 Å². The number of anilines is 1. The second-order valence-electron chi connectivity index (χ2n) is 13.0. The van der Waals surface area contributed by atoms with Crippen LogP contribution in [0.1, 0.15) is 56.0 Å². The van der Waals surface area contributed by atoms with E-state index in [1.807, 2.05) is 78.9 Å². The van der Waals surface area contributed by atoms with Crippen molar-refractivity contribution in [3.8, 4) is 11.5 Å². The molecular formula is C39H41N5O10. The van der Waals surface area contributed by atoms with Crippen molar-refractivity contribution in [3.05, 3.63) is 112 Å². The third-order valence-electron chi connectivity index (χ3n) is 9.15. The summed E-state index contributed by atoms with van der Waals surface area (Å²) < 4.78 is 31.9. The van der Waals surface area contributed by atoms with E-state index in [1.54, 1.807) is 28.1 Å². The number of H-pyrrole nitrogens is 1. The Balaban J connectivity index is 1.39. The van der Waals surface area contributed by atoms with Crippen molar-refractivity contribution in [2.45, 2.75) is 57.1 Å². The molecule has 0 saturated carbocycles. The summed E-state index contributed by atoms with van der Waals surface area (Å²) >= 11 is 0. The number of aromatic nitrogens is 4. The number of benzene rings is 3. The molecular weight excluding hydrogens is 698 g/mol. The zero-order chi connectivity index (χ0) is 38.4. The molecule has 282 valence electrons. The highest BCUT2D eigenvalue weighted by Gasteiger charge is 2.44. The molecule has 15 heteroatoms. The summed E-state index contributed by atoms with van der Waals surface area (Å²) in [5.74, 6) is -1.34. The van der Waals surface area contributed by atoms with E-state index in [9.17, 15) is 24.3 Å². The van der Waals surface area contributed by atoms with Gasteiger partial charge in [0.05, 0.1) is 40.0 Å². The van der Waals surface area contributed by atoms with E-state index in [2.05, 4.69) is 20.3 Å². The van der Waals surface area contributed by atoms with Gasteiger partial charge in [-0.15, -0.1) is 0 Å². The minimum absolute atomic E-state index is 0.0120. The number of carbonyl (C=O) groups is 3. The molecule has 54 heavy (non-hydrogen) atoms. The van der Waals surface area contributed by atoms with E-state index in [1.165, 1.54) is 10.9 Å². The highest BCUT2D eigenvalue weighted by molar-refractivity contribution is 5.91. The number of methoxy groups -OCH3 is 2. The molecule has 3 heterocycles.